The van der Waals surface area contributed by atoms with Crippen LogP contribution in [0.4, 0.5) is 13.2 Å². The van der Waals surface area contributed by atoms with Gasteiger partial charge in [0.25, 0.3) is 0 Å². The average molecular weight is 518 g/mol. The van der Waals surface area contributed by atoms with E-state index in [0.29, 0.717) is 30.8 Å². The number of nitrogens with one attached hydrogen (secondary N) is 1. The Morgan fingerprint density at radius 3 is 2.65 bits per heavy atom. The summed E-state index contributed by atoms with van der Waals surface area (Å²) in [5.41, 5.74) is 0.491. The summed E-state index contributed by atoms with van der Waals surface area (Å²) in [4.78, 5) is 27.0. The van der Waals surface area contributed by atoms with Crippen LogP contribution in [0.3, 0.4) is 0 Å². The molecule has 4 rings (SSSR count). The fraction of sp³-hybridized carbons (Fsp3) is 0.360. The Bertz CT molecular complexity index is 1260. The van der Waals surface area contributed by atoms with E-state index in [1.54, 1.807) is 7.11 Å². The number of esters is 1. The smallest absolute Gasteiger partial charge is 0.416 e. The number of alkyl halides is 3. The predicted octanol–water partition coefficient (Wildman–Crippen LogP) is 3.22. The van der Waals surface area contributed by atoms with E-state index in [1.807, 2.05) is 29.2 Å². The monoisotopic (exact) mass is 517 g/mol. The van der Waals surface area contributed by atoms with Gasteiger partial charge in [0.05, 0.1) is 38.1 Å². The molecule has 0 aliphatic carbocycles. The summed E-state index contributed by atoms with van der Waals surface area (Å²) in [6.45, 7) is 0.757. The lowest BCUT2D eigenvalue weighted by Gasteiger charge is -2.24. The summed E-state index contributed by atoms with van der Waals surface area (Å²) in [5, 5.41) is 10.7. The maximum atomic E-state index is 13.3. The van der Waals surface area contributed by atoms with Gasteiger partial charge in [-0.05, 0) is 30.2 Å². The number of carbonyl (C=O) groups excluding carboxylic acids is 2. The number of amides is 1. The van der Waals surface area contributed by atoms with Gasteiger partial charge in [-0.3, -0.25) is 9.69 Å². The minimum atomic E-state index is -4.47. The van der Waals surface area contributed by atoms with Crippen molar-refractivity contribution < 1.29 is 32.2 Å². The average Bonchev–Trinajstić information content (AvgIpc) is 3.54. The Balaban J connectivity index is 1.53. The second kappa shape index (κ2) is 11.0. The first kappa shape index (κ1) is 26.1. The highest BCUT2D eigenvalue weighted by molar-refractivity contribution is 5.86. The number of likely N-dealkylation sites (tertiary alicyclic amines) is 1. The highest BCUT2D eigenvalue weighted by atomic mass is 19.4. The predicted molar refractivity (Wildman–Crippen MR) is 125 cm³/mol. The Morgan fingerprint density at radius 1 is 1.14 bits per heavy atom. The van der Waals surface area contributed by atoms with Crippen molar-refractivity contribution in [2.45, 2.75) is 37.8 Å². The minimum Gasteiger partial charge on any atom is -0.496 e. The first-order valence-corrected chi connectivity index (χ1v) is 11.5. The van der Waals surface area contributed by atoms with E-state index in [0.717, 1.165) is 17.7 Å². The van der Waals surface area contributed by atoms with Gasteiger partial charge >= 0.3 is 12.1 Å². The first-order valence-electron chi connectivity index (χ1n) is 11.5. The molecule has 1 amide bonds. The lowest BCUT2D eigenvalue weighted by atomic mass is 10.1. The van der Waals surface area contributed by atoms with Crippen molar-refractivity contribution in [2.24, 2.45) is 0 Å². The summed E-state index contributed by atoms with van der Waals surface area (Å²) in [6, 6.07) is 11.4. The highest BCUT2D eigenvalue weighted by Crippen LogP contribution is 2.32. The summed E-state index contributed by atoms with van der Waals surface area (Å²) < 4.78 is 50.9. The first-order chi connectivity index (χ1) is 17.7. The molecule has 1 fully saturated rings. The molecule has 1 aromatic heterocycles. The van der Waals surface area contributed by atoms with Gasteiger partial charge in [0.1, 0.15) is 5.75 Å². The van der Waals surface area contributed by atoms with Gasteiger partial charge in [-0.1, -0.05) is 35.5 Å². The minimum absolute atomic E-state index is 0.0521. The molecular formula is C25H26F3N5O4. The summed E-state index contributed by atoms with van der Waals surface area (Å²) in [7, 11) is 2.81. The molecule has 0 spiro atoms. The van der Waals surface area contributed by atoms with Gasteiger partial charge in [-0.2, -0.15) is 13.2 Å². The molecule has 37 heavy (non-hydrogen) atoms. The quantitative estimate of drug-likeness (QED) is 0.458. The van der Waals surface area contributed by atoms with Crippen LogP contribution in [0.5, 0.6) is 5.75 Å². The number of hydrogen-bond acceptors (Lipinski definition) is 7. The molecule has 0 saturated carbocycles. The molecule has 2 heterocycles. The Hall–Kier alpha value is -3.93. The summed E-state index contributed by atoms with van der Waals surface area (Å²) >= 11 is 0. The molecule has 1 aliphatic rings. The summed E-state index contributed by atoms with van der Waals surface area (Å²) in [6.07, 6.45) is -2.64. The second-order valence-electron chi connectivity index (χ2n) is 8.64. The van der Waals surface area contributed by atoms with Crippen LogP contribution in [0.15, 0.2) is 54.7 Å². The SMILES string of the molecule is COC(=O)c1cn([C@H]2C[C@@H](C(=O)NCc3cccc(C(F)(F)F)c3)N(Cc3ccccc3OC)C2)nn1. The molecule has 1 N–H and O–H groups in total. The molecule has 2 aromatic carbocycles. The zero-order valence-corrected chi connectivity index (χ0v) is 20.2. The van der Waals surface area contributed by atoms with Gasteiger partial charge in [0.2, 0.25) is 5.91 Å². The van der Waals surface area contributed by atoms with Crippen molar-refractivity contribution >= 4 is 11.9 Å². The number of benzene rings is 2. The zero-order valence-electron chi connectivity index (χ0n) is 20.2. The highest BCUT2D eigenvalue weighted by Gasteiger charge is 2.39. The maximum Gasteiger partial charge on any atom is 0.416 e. The fourth-order valence-corrected chi connectivity index (χ4v) is 4.39. The van der Waals surface area contributed by atoms with Crippen LogP contribution in [0.25, 0.3) is 0 Å². The molecule has 0 bridgehead atoms. The van der Waals surface area contributed by atoms with Crippen molar-refractivity contribution in [3.05, 3.63) is 77.1 Å². The second-order valence-corrected chi connectivity index (χ2v) is 8.64. The van der Waals surface area contributed by atoms with Crippen LogP contribution < -0.4 is 10.1 Å². The lowest BCUT2D eigenvalue weighted by molar-refractivity contribution is -0.137. The molecule has 1 saturated heterocycles. The van der Waals surface area contributed by atoms with E-state index >= 15 is 0 Å². The Morgan fingerprint density at radius 2 is 1.92 bits per heavy atom. The van der Waals surface area contributed by atoms with Gasteiger partial charge in [-0.25, -0.2) is 9.48 Å². The van der Waals surface area contributed by atoms with E-state index in [2.05, 4.69) is 20.4 Å². The van der Waals surface area contributed by atoms with E-state index in [9.17, 15) is 22.8 Å². The number of para-hydroxylation sites is 1. The van der Waals surface area contributed by atoms with Crippen molar-refractivity contribution in [1.82, 2.24) is 25.2 Å². The van der Waals surface area contributed by atoms with Gasteiger partial charge in [-0.15, -0.1) is 5.10 Å². The third-order valence-corrected chi connectivity index (χ3v) is 6.25. The standard InChI is InChI=1S/C25H26F3N5O4/c1-36-22-9-4-3-7-17(22)13-32-14-19(33-15-20(30-31-33)24(35)37-2)11-21(32)23(34)29-12-16-6-5-8-18(10-16)25(26,27)28/h3-10,15,19,21H,11-14H2,1-2H3,(H,29,34)/t19-,21-/m0/s1. The molecule has 1 aliphatic heterocycles. The van der Waals surface area contributed by atoms with E-state index in [1.165, 1.54) is 30.1 Å². The topological polar surface area (TPSA) is 98.6 Å². The van der Waals surface area contributed by atoms with Crippen molar-refractivity contribution in [1.29, 1.82) is 0 Å². The number of carbonyl (C=O) groups is 2. The van der Waals surface area contributed by atoms with Gasteiger partial charge in [0.15, 0.2) is 5.69 Å². The van der Waals surface area contributed by atoms with Crippen LogP contribution in [0.1, 0.15) is 39.6 Å². The molecule has 12 heteroatoms. The van der Waals surface area contributed by atoms with Crippen LogP contribution in [-0.4, -0.2) is 58.6 Å². The van der Waals surface area contributed by atoms with E-state index < -0.39 is 23.8 Å². The lowest BCUT2D eigenvalue weighted by Crippen LogP contribution is -2.42. The number of halogens is 3. The van der Waals surface area contributed by atoms with Gasteiger partial charge in [0, 0.05) is 25.2 Å². The van der Waals surface area contributed by atoms with E-state index in [-0.39, 0.29) is 24.2 Å². The molecule has 196 valence electrons. The fourth-order valence-electron chi connectivity index (χ4n) is 4.39. The third kappa shape index (κ3) is 6.08. The maximum absolute atomic E-state index is 13.3. The van der Waals surface area contributed by atoms with Crippen LogP contribution in [0, 0.1) is 0 Å². The van der Waals surface area contributed by atoms with Crippen LogP contribution in [0.2, 0.25) is 0 Å². The van der Waals surface area contributed by atoms with E-state index in [4.69, 9.17) is 4.74 Å². The van der Waals surface area contributed by atoms with Crippen molar-refractivity contribution in [2.75, 3.05) is 20.8 Å². The third-order valence-electron chi connectivity index (χ3n) is 6.25. The van der Waals surface area contributed by atoms with Crippen molar-refractivity contribution in [3.63, 3.8) is 0 Å². The molecule has 0 radical (unpaired) electrons. The Kier molecular flexibility index (Phi) is 7.77. The van der Waals surface area contributed by atoms with Crippen molar-refractivity contribution in [3.8, 4) is 5.75 Å². The number of aromatic nitrogens is 3. The van der Waals surface area contributed by atoms with Crippen LogP contribution >= 0.6 is 0 Å². The number of nitrogens with zero attached hydrogens (tertiary/aromatic N) is 4. The molecule has 3 aromatic rings. The number of rotatable bonds is 8. The molecule has 9 nitrogen and oxygen atoms in total. The van der Waals surface area contributed by atoms with Crippen LogP contribution in [-0.2, 0) is 28.8 Å². The number of ether oxygens (including phenoxy) is 2. The molecular weight excluding hydrogens is 491 g/mol. The zero-order chi connectivity index (χ0) is 26.6. The molecule has 2 atom stereocenters. The molecule has 0 unspecified atom stereocenters. The summed E-state index contributed by atoms with van der Waals surface area (Å²) in [5.74, 6) is -0.281. The number of methoxy groups -OCH3 is 2. The van der Waals surface area contributed by atoms with Gasteiger partial charge < -0.3 is 14.8 Å². The largest absolute Gasteiger partial charge is 0.496 e. The number of hydrogen-bond donors (Lipinski definition) is 1. The normalized spacial score (nSPS) is 18.0. The Labute approximate surface area is 211 Å².